The molecule has 0 saturated carbocycles. The van der Waals surface area contributed by atoms with Crippen LogP contribution in [0.15, 0.2) is 36.4 Å². The van der Waals surface area contributed by atoms with Gasteiger partial charge in [0.15, 0.2) is 0 Å². The average Bonchev–Trinajstić information content (AvgIpc) is 2.90. The molecule has 3 rings (SSSR count). The molecular formula is C19H21F3N2O2. The van der Waals surface area contributed by atoms with Crippen LogP contribution >= 0.6 is 0 Å². The van der Waals surface area contributed by atoms with E-state index in [4.69, 9.17) is 4.74 Å². The van der Waals surface area contributed by atoms with Gasteiger partial charge in [-0.05, 0) is 43.9 Å². The molecule has 0 radical (unpaired) electrons. The van der Waals surface area contributed by atoms with Crippen molar-refractivity contribution in [2.24, 2.45) is 0 Å². The molecule has 1 fully saturated rings. The maximum Gasteiger partial charge on any atom is 0.409 e. The summed E-state index contributed by atoms with van der Waals surface area (Å²) in [6.45, 7) is 5.54. The van der Waals surface area contributed by atoms with Gasteiger partial charge >= 0.3 is 6.18 Å². The summed E-state index contributed by atoms with van der Waals surface area (Å²) in [6, 6.07) is 8.17. The quantitative estimate of drug-likeness (QED) is 0.878. The topological polar surface area (TPSA) is 41.6 Å². The highest BCUT2D eigenvalue weighted by Crippen LogP contribution is 2.41. The number of amides is 1. The molecule has 1 amide bonds. The molecule has 1 aliphatic rings. The molecule has 2 aromatic rings. The Balaban J connectivity index is 2.14. The summed E-state index contributed by atoms with van der Waals surface area (Å²) >= 11 is 0. The van der Waals surface area contributed by atoms with E-state index in [1.165, 1.54) is 12.1 Å². The zero-order chi connectivity index (χ0) is 19.1. The number of nitrogens with zero attached hydrogens (tertiary/aromatic N) is 1. The second kappa shape index (κ2) is 6.46. The van der Waals surface area contributed by atoms with E-state index in [-0.39, 0.29) is 18.5 Å². The van der Waals surface area contributed by atoms with Crippen LogP contribution in [0.4, 0.5) is 13.2 Å². The van der Waals surface area contributed by atoms with E-state index in [2.05, 4.69) is 5.43 Å². The van der Waals surface area contributed by atoms with E-state index >= 15 is 0 Å². The van der Waals surface area contributed by atoms with Crippen molar-refractivity contribution in [2.75, 3.05) is 6.54 Å². The number of hydrogen-bond acceptors (Lipinski definition) is 3. The SMILES string of the molecule is CC(C)(C)Oc1cc(C(N2CCC(=O)N2)C(F)(F)F)cc2ccccc12. The van der Waals surface area contributed by atoms with Gasteiger partial charge in [0.25, 0.3) is 0 Å². The van der Waals surface area contributed by atoms with Crippen LogP contribution in [0.5, 0.6) is 5.75 Å². The Labute approximate surface area is 149 Å². The lowest BCUT2D eigenvalue weighted by molar-refractivity contribution is -0.191. The minimum atomic E-state index is -4.54. The number of rotatable bonds is 3. The van der Waals surface area contributed by atoms with Crippen molar-refractivity contribution in [3.63, 3.8) is 0 Å². The first-order valence-electron chi connectivity index (χ1n) is 8.39. The molecule has 0 aromatic heterocycles. The fraction of sp³-hybridized carbons (Fsp3) is 0.421. The highest BCUT2D eigenvalue weighted by molar-refractivity contribution is 5.89. The fourth-order valence-electron chi connectivity index (χ4n) is 3.10. The first kappa shape index (κ1) is 18.5. The number of hydrazine groups is 1. The molecular weight excluding hydrogens is 345 g/mol. The molecule has 0 bridgehead atoms. The Morgan fingerprint density at radius 3 is 2.42 bits per heavy atom. The Morgan fingerprint density at radius 2 is 1.85 bits per heavy atom. The Bertz CT molecular complexity index is 828. The second-order valence-electron chi connectivity index (χ2n) is 7.38. The number of nitrogens with one attached hydrogen (secondary N) is 1. The van der Waals surface area contributed by atoms with Gasteiger partial charge in [-0.15, -0.1) is 0 Å². The van der Waals surface area contributed by atoms with Crippen molar-refractivity contribution in [1.29, 1.82) is 0 Å². The lowest BCUT2D eigenvalue weighted by atomic mass is 9.99. The van der Waals surface area contributed by atoms with Crippen molar-refractivity contribution in [3.8, 4) is 5.75 Å². The number of benzene rings is 2. The summed E-state index contributed by atoms with van der Waals surface area (Å²) < 4.78 is 47.4. The zero-order valence-electron chi connectivity index (χ0n) is 14.9. The van der Waals surface area contributed by atoms with E-state index in [9.17, 15) is 18.0 Å². The number of fused-ring (bicyclic) bond motifs is 1. The van der Waals surface area contributed by atoms with E-state index in [1.807, 2.05) is 32.9 Å². The molecule has 2 aromatic carbocycles. The van der Waals surface area contributed by atoms with E-state index in [0.717, 1.165) is 10.4 Å². The monoisotopic (exact) mass is 366 g/mol. The summed E-state index contributed by atoms with van der Waals surface area (Å²) in [6.07, 6.45) is -4.50. The Kier molecular flexibility index (Phi) is 4.60. The molecule has 140 valence electrons. The predicted octanol–water partition coefficient (Wildman–Crippen LogP) is 4.36. The number of carbonyl (C=O) groups is 1. The molecule has 1 heterocycles. The third-order valence-electron chi connectivity index (χ3n) is 4.05. The molecule has 4 nitrogen and oxygen atoms in total. The highest BCUT2D eigenvalue weighted by Gasteiger charge is 2.47. The third kappa shape index (κ3) is 3.93. The lowest BCUT2D eigenvalue weighted by Crippen LogP contribution is -2.43. The van der Waals surface area contributed by atoms with Gasteiger partial charge in [0.2, 0.25) is 5.91 Å². The lowest BCUT2D eigenvalue weighted by Gasteiger charge is -2.30. The van der Waals surface area contributed by atoms with Gasteiger partial charge in [0, 0.05) is 18.4 Å². The summed E-state index contributed by atoms with van der Waals surface area (Å²) in [5.41, 5.74) is 1.79. The molecule has 26 heavy (non-hydrogen) atoms. The van der Waals surface area contributed by atoms with Gasteiger partial charge in [-0.2, -0.15) is 13.2 Å². The molecule has 0 aliphatic carbocycles. The van der Waals surface area contributed by atoms with Crippen LogP contribution < -0.4 is 10.2 Å². The van der Waals surface area contributed by atoms with Gasteiger partial charge in [-0.1, -0.05) is 24.3 Å². The van der Waals surface area contributed by atoms with Crippen LogP contribution in [0.25, 0.3) is 10.8 Å². The standard InChI is InChI=1S/C19H21F3N2O2/c1-18(2,3)26-15-11-13(10-12-6-4-5-7-14(12)15)17(19(20,21)22)24-9-8-16(25)23-24/h4-7,10-11,17H,8-9H2,1-3H3,(H,23,25). The molecule has 1 N–H and O–H groups in total. The largest absolute Gasteiger partial charge is 0.487 e. The Hall–Kier alpha value is -2.28. The van der Waals surface area contributed by atoms with Crippen LogP contribution in [-0.4, -0.2) is 29.2 Å². The van der Waals surface area contributed by atoms with Crippen LogP contribution in [0.2, 0.25) is 0 Å². The number of alkyl halides is 3. The second-order valence-corrected chi connectivity index (χ2v) is 7.38. The van der Waals surface area contributed by atoms with Crippen LogP contribution in [0, 0.1) is 0 Å². The summed E-state index contributed by atoms with van der Waals surface area (Å²) in [5, 5.41) is 2.36. The van der Waals surface area contributed by atoms with Gasteiger partial charge in [0.05, 0.1) is 0 Å². The summed E-state index contributed by atoms with van der Waals surface area (Å²) in [7, 11) is 0. The van der Waals surface area contributed by atoms with Gasteiger partial charge in [-0.3, -0.25) is 10.2 Å². The first-order valence-corrected chi connectivity index (χ1v) is 8.39. The van der Waals surface area contributed by atoms with Crippen molar-refractivity contribution in [3.05, 3.63) is 42.0 Å². The first-order chi connectivity index (χ1) is 12.0. The number of carbonyl (C=O) groups excluding carboxylic acids is 1. The minimum absolute atomic E-state index is 0.00526. The molecule has 1 atom stereocenters. The normalized spacial score (nSPS) is 17.4. The number of hydrogen-bond donors (Lipinski definition) is 1. The van der Waals surface area contributed by atoms with Crippen molar-refractivity contribution >= 4 is 16.7 Å². The van der Waals surface area contributed by atoms with Gasteiger partial charge in [-0.25, -0.2) is 5.01 Å². The molecule has 7 heteroatoms. The van der Waals surface area contributed by atoms with Crippen molar-refractivity contribution in [1.82, 2.24) is 10.4 Å². The smallest absolute Gasteiger partial charge is 0.409 e. The fourth-order valence-corrected chi connectivity index (χ4v) is 3.10. The average molecular weight is 366 g/mol. The van der Waals surface area contributed by atoms with Crippen LogP contribution in [-0.2, 0) is 4.79 Å². The number of halogens is 3. The van der Waals surface area contributed by atoms with Crippen LogP contribution in [0.3, 0.4) is 0 Å². The van der Waals surface area contributed by atoms with Crippen LogP contribution in [0.1, 0.15) is 38.8 Å². The number of ether oxygens (including phenoxy) is 1. The highest BCUT2D eigenvalue weighted by atomic mass is 19.4. The minimum Gasteiger partial charge on any atom is -0.487 e. The van der Waals surface area contributed by atoms with E-state index in [1.54, 1.807) is 12.1 Å². The van der Waals surface area contributed by atoms with E-state index in [0.29, 0.717) is 11.1 Å². The van der Waals surface area contributed by atoms with Crippen molar-refractivity contribution < 1.29 is 22.7 Å². The van der Waals surface area contributed by atoms with Gasteiger partial charge in [0.1, 0.15) is 17.4 Å². The third-order valence-corrected chi connectivity index (χ3v) is 4.05. The van der Waals surface area contributed by atoms with Crippen molar-refractivity contribution in [2.45, 2.75) is 45.0 Å². The molecule has 1 unspecified atom stereocenters. The summed E-state index contributed by atoms with van der Waals surface area (Å²) in [5.74, 6) is -0.0171. The Morgan fingerprint density at radius 1 is 1.15 bits per heavy atom. The summed E-state index contributed by atoms with van der Waals surface area (Å²) in [4.78, 5) is 11.4. The molecule has 1 saturated heterocycles. The predicted molar refractivity (Wildman–Crippen MR) is 92.6 cm³/mol. The van der Waals surface area contributed by atoms with E-state index < -0.39 is 23.7 Å². The maximum atomic E-state index is 13.8. The maximum absolute atomic E-state index is 13.8. The zero-order valence-corrected chi connectivity index (χ0v) is 14.9. The molecule has 0 spiro atoms. The van der Waals surface area contributed by atoms with Gasteiger partial charge < -0.3 is 4.74 Å². The molecule has 1 aliphatic heterocycles.